The standard InChI is InChI=1S/C36H33F3O8S/c1-3-9-25-28(16-15-24(20(2)40)32(25)42)46-17-7-5-4-6-12-27(31(41)21-10-8-11-22(18-21)36(37,38)39)30-33(43)26-14-13-23(48)19-29(26)47-34(30)35(44)45/h4-6,8,10-12,14-16,18-19,27,31,41-42H,3,7,9,13,17H2,1-2H3,(H,44,45)/b5-4-,12-6+/t27-,31-/m0/s1. The molecule has 0 unspecified atom stereocenters. The molecule has 0 bridgehead atoms. The summed E-state index contributed by atoms with van der Waals surface area (Å²) in [4.78, 5) is 38.2. The summed E-state index contributed by atoms with van der Waals surface area (Å²) in [5.74, 6) is -3.76. The molecule has 3 aromatic rings. The van der Waals surface area contributed by atoms with Gasteiger partial charge in [0, 0.05) is 22.8 Å². The van der Waals surface area contributed by atoms with Crippen LogP contribution in [-0.2, 0) is 12.6 Å². The van der Waals surface area contributed by atoms with E-state index in [-0.39, 0.29) is 46.3 Å². The van der Waals surface area contributed by atoms with Gasteiger partial charge in [-0.05, 0) is 55.7 Å². The topological polar surface area (TPSA) is 134 Å². The number of carbonyl (C=O) groups is 2. The molecule has 1 aliphatic rings. The maximum Gasteiger partial charge on any atom is 0.416 e. The van der Waals surface area contributed by atoms with Gasteiger partial charge in [0.25, 0.3) is 0 Å². The fourth-order valence-corrected chi connectivity index (χ4v) is 5.53. The van der Waals surface area contributed by atoms with E-state index in [0.717, 1.165) is 18.2 Å². The highest BCUT2D eigenvalue weighted by Crippen LogP contribution is 2.36. The number of halogens is 3. The third-order valence-corrected chi connectivity index (χ3v) is 7.95. The molecule has 252 valence electrons. The lowest BCUT2D eigenvalue weighted by Crippen LogP contribution is -2.45. The number of thiocarbonyl (C=S) groups is 1. The molecule has 12 heteroatoms. The lowest BCUT2D eigenvalue weighted by atomic mass is 9.86. The van der Waals surface area contributed by atoms with E-state index in [1.54, 1.807) is 18.2 Å². The summed E-state index contributed by atoms with van der Waals surface area (Å²) >= 11 is 5.15. The number of fused-ring (bicyclic) bond motifs is 1. The van der Waals surface area contributed by atoms with Crippen LogP contribution in [0.3, 0.4) is 0 Å². The number of carbonyl (C=O) groups excluding carboxylic acids is 1. The molecule has 0 aliphatic heterocycles. The smallest absolute Gasteiger partial charge is 0.416 e. The van der Waals surface area contributed by atoms with Gasteiger partial charge >= 0.3 is 12.1 Å². The minimum absolute atomic E-state index is 0.0377. The first-order valence-corrected chi connectivity index (χ1v) is 15.5. The van der Waals surface area contributed by atoms with E-state index in [2.05, 4.69) is 0 Å². The van der Waals surface area contributed by atoms with Crippen LogP contribution < -0.4 is 20.8 Å². The average molecular weight is 683 g/mol. The van der Waals surface area contributed by atoms with Gasteiger partial charge in [0.1, 0.15) is 16.9 Å². The van der Waals surface area contributed by atoms with E-state index in [1.807, 2.05) is 6.92 Å². The fraction of sp³-hybridized carbons (Fsp3) is 0.278. The molecule has 48 heavy (non-hydrogen) atoms. The van der Waals surface area contributed by atoms with Crippen molar-refractivity contribution in [3.63, 3.8) is 0 Å². The molecule has 1 heterocycles. The zero-order valence-electron chi connectivity index (χ0n) is 26.0. The third-order valence-electron chi connectivity index (χ3n) is 7.66. The van der Waals surface area contributed by atoms with Gasteiger partial charge in [-0.25, -0.2) is 4.79 Å². The van der Waals surface area contributed by atoms with Crippen LogP contribution in [0.25, 0.3) is 12.2 Å². The Bertz CT molecular complexity index is 1970. The Morgan fingerprint density at radius 2 is 1.92 bits per heavy atom. The lowest BCUT2D eigenvalue weighted by molar-refractivity contribution is -0.137. The van der Waals surface area contributed by atoms with Crippen molar-refractivity contribution in [3.8, 4) is 11.5 Å². The maximum absolute atomic E-state index is 13.7. The summed E-state index contributed by atoms with van der Waals surface area (Å²) in [6.45, 7) is 3.47. The van der Waals surface area contributed by atoms with Crippen molar-refractivity contribution >= 4 is 41.0 Å². The molecule has 0 spiro atoms. The molecule has 0 saturated heterocycles. The highest BCUT2D eigenvalue weighted by Gasteiger charge is 2.34. The van der Waals surface area contributed by atoms with Crippen molar-refractivity contribution in [2.24, 2.45) is 0 Å². The summed E-state index contributed by atoms with van der Waals surface area (Å²) in [6.07, 6.45) is 4.15. The van der Waals surface area contributed by atoms with Crippen molar-refractivity contribution in [2.75, 3.05) is 6.61 Å². The van der Waals surface area contributed by atoms with Crippen LogP contribution in [0.1, 0.15) is 88.3 Å². The number of hydrogen-bond acceptors (Lipinski definition) is 8. The molecule has 0 amide bonds. The highest BCUT2D eigenvalue weighted by atomic mass is 32.1. The SMILES string of the molecule is CCCc1c(OCC/C=C\C=C\[C@@H](c2c(C(=O)O)oc3c(c2=O)=CCC(=S)C=3)[C@@H](O)c2cccc(C(F)(F)F)c2)ccc(C(C)=O)c1O. The molecule has 3 N–H and O–H groups in total. The second-order valence-corrected chi connectivity index (χ2v) is 11.6. The molecule has 1 aromatic heterocycles. The molecule has 8 nitrogen and oxygen atoms in total. The van der Waals surface area contributed by atoms with Gasteiger partial charge in [-0.15, -0.1) is 0 Å². The molecule has 0 radical (unpaired) electrons. The number of aromatic carboxylic acids is 1. The number of alkyl halides is 3. The Hall–Kier alpha value is -4.81. The Morgan fingerprint density at radius 3 is 2.58 bits per heavy atom. The number of Topliss-reactive ketones (excluding diaryl/α,β-unsaturated/α-hetero) is 1. The largest absolute Gasteiger partial charge is 0.507 e. The van der Waals surface area contributed by atoms with E-state index in [4.69, 9.17) is 21.4 Å². The summed E-state index contributed by atoms with van der Waals surface area (Å²) < 4.78 is 51.9. The van der Waals surface area contributed by atoms with E-state index < -0.39 is 46.5 Å². The van der Waals surface area contributed by atoms with Crippen LogP contribution in [0.2, 0.25) is 0 Å². The summed E-state index contributed by atoms with van der Waals surface area (Å²) in [5.41, 5.74) is -1.74. The maximum atomic E-state index is 13.7. The number of aliphatic hydroxyl groups excluding tert-OH is 1. The van der Waals surface area contributed by atoms with Crippen LogP contribution in [-0.4, -0.2) is 38.5 Å². The number of aliphatic hydroxyl groups is 1. The molecule has 2 aromatic carbocycles. The van der Waals surface area contributed by atoms with E-state index in [9.17, 15) is 42.9 Å². The molecule has 2 atom stereocenters. The third kappa shape index (κ3) is 8.18. The first kappa shape index (κ1) is 36.0. The van der Waals surface area contributed by atoms with E-state index >= 15 is 0 Å². The second-order valence-electron chi connectivity index (χ2n) is 11.1. The molecule has 0 saturated carbocycles. The molecule has 4 rings (SSSR count). The quantitative estimate of drug-likeness (QED) is 0.0866. The van der Waals surface area contributed by atoms with E-state index in [1.165, 1.54) is 43.4 Å². The van der Waals surface area contributed by atoms with Crippen LogP contribution >= 0.6 is 12.2 Å². The normalized spacial score (nSPS) is 14.3. The molecular weight excluding hydrogens is 649 g/mol. The number of aromatic hydroxyl groups is 1. The number of phenols is 1. The summed E-state index contributed by atoms with van der Waals surface area (Å²) in [5, 5.41) is 32.0. The van der Waals surface area contributed by atoms with Crippen LogP contribution in [0.4, 0.5) is 13.2 Å². The van der Waals surface area contributed by atoms with Crippen molar-refractivity contribution in [1.29, 1.82) is 0 Å². The first-order chi connectivity index (χ1) is 22.7. The first-order valence-electron chi connectivity index (χ1n) is 15.1. The number of phenolic OH excluding ortho intramolecular Hbond substituents is 1. The number of rotatable bonds is 13. The predicted octanol–water partition coefficient (Wildman–Crippen LogP) is 5.95. The summed E-state index contributed by atoms with van der Waals surface area (Å²) in [7, 11) is 0. The van der Waals surface area contributed by atoms with Gasteiger partial charge in [0.05, 0.1) is 34.6 Å². The average Bonchev–Trinajstić information content (AvgIpc) is 3.03. The van der Waals surface area contributed by atoms with Gasteiger partial charge < -0.3 is 24.5 Å². The minimum atomic E-state index is -4.71. The number of carboxylic acids is 1. The minimum Gasteiger partial charge on any atom is -0.507 e. The Labute approximate surface area is 278 Å². The van der Waals surface area contributed by atoms with E-state index in [0.29, 0.717) is 35.4 Å². The van der Waals surface area contributed by atoms with Crippen molar-refractivity contribution in [3.05, 3.63) is 115 Å². The highest BCUT2D eigenvalue weighted by molar-refractivity contribution is 7.81. The van der Waals surface area contributed by atoms with Crippen LogP contribution in [0.5, 0.6) is 11.5 Å². The molecule has 0 fully saturated rings. The molecular formula is C36H33F3O8S. The fourth-order valence-electron chi connectivity index (χ4n) is 5.34. The molecule has 1 aliphatic carbocycles. The lowest BCUT2D eigenvalue weighted by Gasteiger charge is -2.22. The summed E-state index contributed by atoms with van der Waals surface area (Å²) in [6, 6.07) is 7.05. The van der Waals surface area contributed by atoms with Crippen LogP contribution in [0, 0.1) is 0 Å². The van der Waals surface area contributed by atoms with Gasteiger partial charge in [-0.1, -0.05) is 68.1 Å². The zero-order valence-corrected chi connectivity index (χ0v) is 26.9. The van der Waals surface area contributed by atoms with Crippen LogP contribution in [0.15, 0.2) is 69.9 Å². The predicted molar refractivity (Wildman–Crippen MR) is 177 cm³/mol. The van der Waals surface area contributed by atoms with Crippen molar-refractivity contribution in [1.82, 2.24) is 0 Å². The number of hydrogen-bond donors (Lipinski definition) is 3. The number of ketones is 1. The monoisotopic (exact) mass is 682 g/mol. The Balaban J connectivity index is 1.66. The number of allylic oxidation sites excluding steroid dienone is 2. The number of carboxylic acid groups (broad SMARTS) is 1. The zero-order chi connectivity index (χ0) is 35.2. The van der Waals surface area contributed by atoms with Crippen molar-refractivity contribution < 1.29 is 47.2 Å². The van der Waals surface area contributed by atoms with Gasteiger partial charge in [0.15, 0.2) is 11.2 Å². The Morgan fingerprint density at radius 1 is 1.17 bits per heavy atom. The van der Waals surface area contributed by atoms with Crippen molar-refractivity contribution in [2.45, 2.75) is 57.7 Å². The number of benzene rings is 2. The van der Waals surface area contributed by atoms with Gasteiger partial charge in [-0.3, -0.25) is 9.59 Å². The Kier molecular flexibility index (Phi) is 11.6. The van der Waals surface area contributed by atoms with Gasteiger partial charge in [-0.2, -0.15) is 13.2 Å². The van der Waals surface area contributed by atoms with Gasteiger partial charge in [0.2, 0.25) is 5.76 Å². The second kappa shape index (κ2) is 15.4. The number of ether oxygens (including phenoxy) is 1.